The Bertz CT molecular complexity index is 1060. The van der Waals surface area contributed by atoms with Gasteiger partial charge in [0, 0.05) is 26.7 Å². The average Bonchev–Trinajstić information content (AvgIpc) is 3.21. The standard InChI is InChI=1S/C24H26N4O4/c1-27(24(31)11-16-5-6-22-20(10-16)26-23(30)15-32-22)21(14-28-8-7-19(29)13-28)18-4-2-3-17(9-18)12-25/h2-6,9-10,19,21,29H,7-8,11,13-15H2,1H3,(H,26,30)/t19-,21+/m0/s1. The summed E-state index contributed by atoms with van der Waals surface area (Å²) in [6.45, 7) is 1.90. The lowest BCUT2D eigenvalue weighted by Gasteiger charge is -2.32. The molecule has 0 aliphatic carbocycles. The van der Waals surface area contributed by atoms with Crippen molar-refractivity contribution in [3.8, 4) is 11.8 Å². The van der Waals surface area contributed by atoms with Gasteiger partial charge >= 0.3 is 0 Å². The number of nitriles is 1. The predicted molar refractivity (Wildman–Crippen MR) is 118 cm³/mol. The number of carbonyl (C=O) groups excluding carboxylic acids is 2. The molecule has 32 heavy (non-hydrogen) atoms. The van der Waals surface area contributed by atoms with Crippen molar-refractivity contribution in [1.29, 1.82) is 5.26 Å². The highest BCUT2D eigenvalue weighted by Gasteiger charge is 2.28. The molecule has 1 saturated heterocycles. The Morgan fingerprint density at radius 2 is 2.22 bits per heavy atom. The van der Waals surface area contributed by atoms with Crippen LogP contribution in [0.1, 0.15) is 29.2 Å². The van der Waals surface area contributed by atoms with E-state index in [0.717, 1.165) is 17.7 Å². The van der Waals surface area contributed by atoms with E-state index < -0.39 is 0 Å². The van der Waals surface area contributed by atoms with Crippen LogP contribution in [0.4, 0.5) is 5.69 Å². The van der Waals surface area contributed by atoms with Gasteiger partial charge in [-0.05, 0) is 41.8 Å². The SMILES string of the molecule is CN(C(=O)Cc1ccc2c(c1)NC(=O)CO2)[C@H](CN1CC[C@H](O)C1)c1cccc(C#N)c1. The molecule has 0 spiro atoms. The summed E-state index contributed by atoms with van der Waals surface area (Å²) in [7, 11) is 1.77. The molecule has 2 aliphatic rings. The van der Waals surface area contributed by atoms with Gasteiger partial charge in [0.15, 0.2) is 6.61 Å². The number of nitrogens with one attached hydrogen (secondary N) is 1. The van der Waals surface area contributed by atoms with Gasteiger partial charge in [0.05, 0.1) is 35.9 Å². The van der Waals surface area contributed by atoms with Crippen molar-refractivity contribution in [1.82, 2.24) is 9.80 Å². The molecule has 0 radical (unpaired) electrons. The highest BCUT2D eigenvalue weighted by Crippen LogP contribution is 2.29. The minimum Gasteiger partial charge on any atom is -0.482 e. The molecule has 4 rings (SSSR count). The van der Waals surface area contributed by atoms with Crippen molar-refractivity contribution in [2.45, 2.75) is 25.0 Å². The van der Waals surface area contributed by atoms with Crippen molar-refractivity contribution in [2.75, 3.05) is 38.6 Å². The van der Waals surface area contributed by atoms with E-state index in [1.165, 1.54) is 0 Å². The van der Waals surface area contributed by atoms with E-state index in [1.54, 1.807) is 30.1 Å². The van der Waals surface area contributed by atoms with Crippen LogP contribution in [-0.2, 0) is 16.0 Å². The summed E-state index contributed by atoms with van der Waals surface area (Å²) < 4.78 is 5.38. The number of aliphatic hydroxyl groups is 1. The molecule has 8 nitrogen and oxygen atoms in total. The second-order valence-electron chi connectivity index (χ2n) is 8.30. The Morgan fingerprint density at radius 1 is 1.38 bits per heavy atom. The minimum absolute atomic E-state index is 0.0113. The van der Waals surface area contributed by atoms with Gasteiger partial charge in [-0.2, -0.15) is 5.26 Å². The Hall–Kier alpha value is -3.41. The number of ether oxygens (including phenoxy) is 1. The molecule has 1 fully saturated rings. The first-order valence-corrected chi connectivity index (χ1v) is 10.6. The largest absolute Gasteiger partial charge is 0.482 e. The minimum atomic E-state index is -0.352. The number of nitrogens with zero attached hydrogens (tertiary/aromatic N) is 3. The number of fused-ring (bicyclic) bond motifs is 1. The first-order chi connectivity index (χ1) is 15.4. The zero-order chi connectivity index (χ0) is 22.7. The quantitative estimate of drug-likeness (QED) is 0.717. The highest BCUT2D eigenvalue weighted by molar-refractivity contribution is 5.95. The van der Waals surface area contributed by atoms with Crippen molar-refractivity contribution in [2.24, 2.45) is 0 Å². The van der Waals surface area contributed by atoms with E-state index in [0.29, 0.717) is 36.5 Å². The lowest BCUT2D eigenvalue weighted by Crippen LogP contribution is -2.39. The van der Waals surface area contributed by atoms with Gasteiger partial charge in [-0.1, -0.05) is 18.2 Å². The number of benzene rings is 2. The van der Waals surface area contributed by atoms with Gasteiger partial charge < -0.3 is 20.1 Å². The Labute approximate surface area is 187 Å². The fraction of sp³-hybridized carbons (Fsp3) is 0.375. The third kappa shape index (κ3) is 4.90. The lowest BCUT2D eigenvalue weighted by molar-refractivity contribution is -0.131. The van der Waals surface area contributed by atoms with Crippen LogP contribution in [0, 0.1) is 11.3 Å². The number of carbonyl (C=O) groups is 2. The van der Waals surface area contributed by atoms with E-state index in [9.17, 15) is 20.0 Å². The number of hydrogen-bond acceptors (Lipinski definition) is 6. The molecular formula is C24H26N4O4. The normalized spacial score (nSPS) is 18.8. The first-order valence-electron chi connectivity index (χ1n) is 10.6. The van der Waals surface area contributed by atoms with Crippen LogP contribution in [0.5, 0.6) is 5.75 Å². The van der Waals surface area contributed by atoms with Gasteiger partial charge in [0.2, 0.25) is 5.91 Å². The van der Waals surface area contributed by atoms with Gasteiger partial charge in [-0.3, -0.25) is 14.5 Å². The van der Waals surface area contributed by atoms with E-state index >= 15 is 0 Å². The first kappa shape index (κ1) is 21.8. The number of rotatable bonds is 6. The van der Waals surface area contributed by atoms with E-state index in [1.807, 2.05) is 24.3 Å². The van der Waals surface area contributed by atoms with Crippen LogP contribution in [0.3, 0.4) is 0 Å². The van der Waals surface area contributed by atoms with E-state index in [2.05, 4.69) is 16.3 Å². The molecule has 0 aromatic heterocycles. The summed E-state index contributed by atoms with van der Waals surface area (Å²) in [4.78, 5) is 28.7. The third-order valence-electron chi connectivity index (χ3n) is 5.97. The summed E-state index contributed by atoms with van der Waals surface area (Å²) in [5.74, 6) is 0.288. The molecule has 166 valence electrons. The fourth-order valence-electron chi connectivity index (χ4n) is 4.20. The van der Waals surface area contributed by atoms with Gasteiger partial charge in [-0.15, -0.1) is 0 Å². The highest BCUT2D eigenvalue weighted by atomic mass is 16.5. The van der Waals surface area contributed by atoms with Crippen LogP contribution in [0.15, 0.2) is 42.5 Å². The molecular weight excluding hydrogens is 408 g/mol. The van der Waals surface area contributed by atoms with E-state index in [4.69, 9.17) is 4.74 Å². The van der Waals surface area contributed by atoms with E-state index in [-0.39, 0.29) is 37.0 Å². The summed E-state index contributed by atoms with van der Waals surface area (Å²) in [5.41, 5.74) is 2.76. The summed E-state index contributed by atoms with van der Waals surface area (Å²) in [6.07, 6.45) is 0.525. The van der Waals surface area contributed by atoms with Crippen LogP contribution in [0.2, 0.25) is 0 Å². The molecule has 2 aromatic carbocycles. The number of aliphatic hydroxyl groups excluding tert-OH is 1. The van der Waals surface area contributed by atoms with Gasteiger partial charge in [0.1, 0.15) is 5.75 Å². The molecule has 2 aromatic rings. The molecule has 2 aliphatic heterocycles. The number of likely N-dealkylation sites (N-methyl/N-ethyl adjacent to an activating group) is 1. The second kappa shape index (κ2) is 9.39. The average molecular weight is 434 g/mol. The predicted octanol–water partition coefficient (Wildman–Crippen LogP) is 1.70. The van der Waals surface area contributed by atoms with Gasteiger partial charge in [0.25, 0.3) is 5.91 Å². The zero-order valence-electron chi connectivity index (χ0n) is 18.0. The number of anilines is 1. The maximum Gasteiger partial charge on any atom is 0.262 e. The number of amides is 2. The van der Waals surface area contributed by atoms with Crippen LogP contribution in [0.25, 0.3) is 0 Å². The smallest absolute Gasteiger partial charge is 0.262 e. The second-order valence-corrected chi connectivity index (χ2v) is 8.30. The molecule has 2 heterocycles. The molecule has 0 unspecified atom stereocenters. The van der Waals surface area contributed by atoms with Crippen LogP contribution in [-0.4, -0.2) is 66.1 Å². The molecule has 2 atom stereocenters. The lowest BCUT2D eigenvalue weighted by atomic mass is 10.0. The summed E-state index contributed by atoms with van der Waals surface area (Å²) in [5, 5.41) is 22.0. The summed E-state index contributed by atoms with van der Waals surface area (Å²) >= 11 is 0. The van der Waals surface area contributed by atoms with Crippen LogP contribution >= 0.6 is 0 Å². The molecule has 8 heteroatoms. The van der Waals surface area contributed by atoms with Crippen LogP contribution < -0.4 is 10.1 Å². The number of hydrogen-bond donors (Lipinski definition) is 2. The summed E-state index contributed by atoms with van der Waals surface area (Å²) in [6, 6.07) is 14.5. The third-order valence-corrected chi connectivity index (χ3v) is 5.97. The van der Waals surface area contributed by atoms with Crippen molar-refractivity contribution in [3.05, 3.63) is 59.2 Å². The zero-order valence-corrected chi connectivity index (χ0v) is 18.0. The van der Waals surface area contributed by atoms with Crippen molar-refractivity contribution < 1.29 is 19.4 Å². The Balaban J connectivity index is 1.53. The molecule has 0 saturated carbocycles. The van der Waals surface area contributed by atoms with Crippen molar-refractivity contribution >= 4 is 17.5 Å². The molecule has 2 N–H and O–H groups in total. The molecule has 0 bridgehead atoms. The number of β-amino-alcohol motifs (C(OH)–C–C–N with tert-alkyl or cyclic N) is 1. The Kier molecular flexibility index (Phi) is 6.40. The monoisotopic (exact) mass is 434 g/mol. The number of likely N-dealkylation sites (tertiary alicyclic amines) is 1. The molecule has 2 amide bonds. The topological polar surface area (TPSA) is 106 Å². The maximum atomic E-state index is 13.2. The Morgan fingerprint density at radius 3 is 2.97 bits per heavy atom. The van der Waals surface area contributed by atoms with Crippen molar-refractivity contribution in [3.63, 3.8) is 0 Å². The maximum absolute atomic E-state index is 13.2. The fourth-order valence-corrected chi connectivity index (χ4v) is 4.20. The van der Waals surface area contributed by atoms with Gasteiger partial charge in [-0.25, -0.2) is 0 Å².